The minimum absolute atomic E-state index is 0.155. The highest BCUT2D eigenvalue weighted by Crippen LogP contribution is 2.26. The third kappa shape index (κ3) is 2.52. The van der Waals surface area contributed by atoms with Crippen LogP contribution in [0.2, 0.25) is 0 Å². The summed E-state index contributed by atoms with van der Waals surface area (Å²) in [4.78, 5) is 6.48. The predicted octanol–water partition coefficient (Wildman–Crippen LogP) is 1.75. The maximum absolute atomic E-state index is 12.4. The van der Waals surface area contributed by atoms with E-state index in [1.807, 2.05) is 6.92 Å². The summed E-state index contributed by atoms with van der Waals surface area (Å²) in [5, 5.41) is 0.199. The van der Waals surface area contributed by atoms with Gasteiger partial charge in [0.2, 0.25) is 0 Å². The highest BCUT2D eigenvalue weighted by atomic mass is 32.2. The molecule has 0 bridgehead atoms. The van der Waals surface area contributed by atoms with E-state index >= 15 is 0 Å². The van der Waals surface area contributed by atoms with E-state index in [-0.39, 0.29) is 11.1 Å². The Morgan fingerprint density at radius 2 is 2.12 bits per heavy atom. The van der Waals surface area contributed by atoms with Crippen molar-refractivity contribution in [1.82, 2.24) is 14.3 Å². The topological polar surface area (TPSA) is 66.1 Å². The molecule has 1 aliphatic carbocycles. The molecule has 1 fully saturated rings. The predicted molar refractivity (Wildman–Crippen MR) is 65.0 cm³/mol. The minimum Gasteiger partial charge on any atom is -0.335 e. The smallest absolute Gasteiger partial charge is 0.260 e. The quantitative estimate of drug-likeness (QED) is 0.893. The normalized spacial score (nSPS) is 18.7. The van der Waals surface area contributed by atoms with Crippen LogP contribution < -0.4 is 0 Å². The molecule has 1 N–H and O–H groups in total. The van der Waals surface area contributed by atoms with Crippen LogP contribution in [-0.2, 0) is 10.0 Å². The second kappa shape index (κ2) is 5.18. The fraction of sp³-hybridized carbons (Fsp3) is 0.727. The molecule has 0 spiro atoms. The van der Waals surface area contributed by atoms with Crippen molar-refractivity contribution in [3.63, 3.8) is 0 Å². The average molecular weight is 257 g/mol. The van der Waals surface area contributed by atoms with Crippen LogP contribution in [0.1, 0.15) is 39.0 Å². The van der Waals surface area contributed by atoms with Gasteiger partial charge < -0.3 is 4.98 Å². The third-order valence-corrected chi connectivity index (χ3v) is 5.31. The molecule has 0 atom stereocenters. The molecule has 96 valence electrons. The number of sulfonamides is 1. The van der Waals surface area contributed by atoms with Gasteiger partial charge >= 0.3 is 0 Å². The van der Waals surface area contributed by atoms with Crippen molar-refractivity contribution in [1.29, 1.82) is 0 Å². The number of aromatic nitrogens is 2. The van der Waals surface area contributed by atoms with Crippen LogP contribution >= 0.6 is 0 Å². The Bertz CT molecular complexity index is 435. The van der Waals surface area contributed by atoms with Crippen LogP contribution in [0, 0.1) is 0 Å². The van der Waals surface area contributed by atoms with Gasteiger partial charge in [-0.15, -0.1) is 0 Å². The molecule has 0 aliphatic heterocycles. The number of aromatic amines is 1. The van der Waals surface area contributed by atoms with E-state index in [4.69, 9.17) is 0 Å². The number of rotatable bonds is 4. The van der Waals surface area contributed by atoms with Gasteiger partial charge in [0.25, 0.3) is 10.0 Å². The maximum Gasteiger partial charge on any atom is 0.260 e. The Morgan fingerprint density at radius 3 is 2.65 bits per heavy atom. The zero-order valence-electron chi connectivity index (χ0n) is 10.1. The van der Waals surface area contributed by atoms with Gasteiger partial charge in [-0.2, -0.15) is 4.31 Å². The summed E-state index contributed by atoms with van der Waals surface area (Å²) in [6.45, 7) is 2.41. The van der Waals surface area contributed by atoms with E-state index in [1.165, 1.54) is 18.9 Å². The highest BCUT2D eigenvalue weighted by Gasteiger charge is 2.31. The molecular weight excluding hydrogens is 238 g/mol. The van der Waals surface area contributed by atoms with Gasteiger partial charge in [-0.25, -0.2) is 13.4 Å². The van der Waals surface area contributed by atoms with E-state index in [9.17, 15) is 8.42 Å². The van der Waals surface area contributed by atoms with E-state index in [0.29, 0.717) is 6.54 Å². The Kier molecular flexibility index (Phi) is 3.83. The number of nitrogens with one attached hydrogen (secondary N) is 1. The molecule has 0 unspecified atom stereocenters. The van der Waals surface area contributed by atoms with Crippen molar-refractivity contribution in [2.24, 2.45) is 0 Å². The third-order valence-electron chi connectivity index (χ3n) is 3.35. The summed E-state index contributed by atoms with van der Waals surface area (Å²) in [7, 11) is -3.39. The zero-order valence-corrected chi connectivity index (χ0v) is 10.9. The standard InChI is InChI=1S/C11H19N3O2S/c1-2-14(10-6-4-3-5-7-10)17(15,16)11-8-12-9-13-11/h8-10H,2-7H2,1H3,(H,12,13). The van der Waals surface area contributed by atoms with Crippen LogP contribution in [0.25, 0.3) is 0 Å². The van der Waals surface area contributed by atoms with Crippen molar-refractivity contribution in [2.75, 3.05) is 6.54 Å². The number of nitrogens with zero attached hydrogens (tertiary/aromatic N) is 2. The van der Waals surface area contributed by atoms with E-state index in [1.54, 1.807) is 4.31 Å². The van der Waals surface area contributed by atoms with E-state index < -0.39 is 10.0 Å². The van der Waals surface area contributed by atoms with Crippen molar-refractivity contribution in [3.8, 4) is 0 Å². The van der Waals surface area contributed by atoms with Gasteiger partial charge in [-0.3, -0.25) is 0 Å². The SMILES string of the molecule is CCN(C1CCCCC1)S(=O)(=O)c1cnc[nH]1. The number of hydrogen-bond donors (Lipinski definition) is 1. The molecule has 0 saturated heterocycles. The largest absolute Gasteiger partial charge is 0.335 e. The van der Waals surface area contributed by atoms with E-state index in [0.717, 1.165) is 25.7 Å². The van der Waals surface area contributed by atoms with E-state index in [2.05, 4.69) is 9.97 Å². The van der Waals surface area contributed by atoms with Crippen molar-refractivity contribution >= 4 is 10.0 Å². The van der Waals surface area contributed by atoms with Gasteiger partial charge in [-0.1, -0.05) is 26.2 Å². The zero-order chi connectivity index (χ0) is 12.3. The van der Waals surface area contributed by atoms with Gasteiger partial charge in [0.15, 0.2) is 5.03 Å². The van der Waals surface area contributed by atoms with Crippen molar-refractivity contribution in [3.05, 3.63) is 12.5 Å². The first-order valence-electron chi connectivity index (χ1n) is 6.16. The van der Waals surface area contributed by atoms with Crippen molar-refractivity contribution in [2.45, 2.75) is 50.1 Å². The molecule has 0 radical (unpaired) electrons. The highest BCUT2D eigenvalue weighted by molar-refractivity contribution is 7.89. The van der Waals surface area contributed by atoms with Crippen LogP contribution in [0.3, 0.4) is 0 Å². The summed E-state index contributed by atoms with van der Waals surface area (Å²) in [5.41, 5.74) is 0. The summed E-state index contributed by atoms with van der Waals surface area (Å²) in [6, 6.07) is 0.155. The molecule has 6 heteroatoms. The fourth-order valence-corrected chi connectivity index (χ4v) is 4.10. The van der Waals surface area contributed by atoms with Crippen LogP contribution in [0.15, 0.2) is 17.6 Å². The molecule has 17 heavy (non-hydrogen) atoms. The first-order valence-corrected chi connectivity index (χ1v) is 7.60. The fourth-order valence-electron chi connectivity index (χ4n) is 2.50. The van der Waals surface area contributed by atoms with Crippen LogP contribution in [-0.4, -0.2) is 35.3 Å². The Morgan fingerprint density at radius 1 is 1.41 bits per heavy atom. The van der Waals surface area contributed by atoms with Gasteiger partial charge in [0.1, 0.15) is 0 Å². The first-order chi connectivity index (χ1) is 8.16. The Hall–Kier alpha value is -0.880. The number of imidazole rings is 1. The molecule has 5 nitrogen and oxygen atoms in total. The monoisotopic (exact) mass is 257 g/mol. The molecular formula is C11H19N3O2S. The summed E-state index contributed by atoms with van der Waals surface area (Å²) >= 11 is 0. The second-order valence-corrected chi connectivity index (χ2v) is 6.28. The molecule has 1 aromatic heterocycles. The second-order valence-electron chi connectivity index (χ2n) is 4.42. The lowest BCUT2D eigenvalue weighted by atomic mass is 9.95. The number of hydrogen-bond acceptors (Lipinski definition) is 3. The number of H-pyrrole nitrogens is 1. The summed E-state index contributed by atoms with van der Waals surface area (Å²) in [5.74, 6) is 0. The lowest BCUT2D eigenvalue weighted by molar-refractivity contribution is 0.261. The molecule has 1 heterocycles. The molecule has 1 aromatic rings. The van der Waals surface area contributed by atoms with Crippen LogP contribution in [0.5, 0.6) is 0 Å². The molecule has 2 rings (SSSR count). The Balaban J connectivity index is 2.23. The van der Waals surface area contributed by atoms with Crippen molar-refractivity contribution < 1.29 is 8.42 Å². The molecule has 1 aliphatic rings. The maximum atomic E-state index is 12.4. The first kappa shape index (κ1) is 12.6. The average Bonchev–Trinajstić information content (AvgIpc) is 2.85. The summed E-state index contributed by atoms with van der Waals surface area (Å²) < 4.78 is 26.4. The van der Waals surface area contributed by atoms with Gasteiger partial charge in [-0.05, 0) is 12.8 Å². The summed E-state index contributed by atoms with van der Waals surface area (Å²) in [6.07, 6.45) is 8.20. The van der Waals surface area contributed by atoms with Crippen LogP contribution in [0.4, 0.5) is 0 Å². The minimum atomic E-state index is -3.39. The lowest BCUT2D eigenvalue weighted by Gasteiger charge is -2.32. The van der Waals surface area contributed by atoms with Gasteiger partial charge in [0.05, 0.1) is 12.5 Å². The molecule has 0 amide bonds. The van der Waals surface area contributed by atoms with Gasteiger partial charge in [0, 0.05) is 12.6 Å². The molecule has 0 aromatic carbocycles. The molecule has 1 saturated carbocycles. The lowest BCUT2D eigenvalue weighted by Crippen LogP contribution is -2.41. The Labute approximate surface area is 102 Å².